The maximum Gasteiger partial charge on any atom is 0.409 e. The number of amides is 2. The summed E-state index contributed by atoms with van der Waals surface area (Å²) in [4.78, 5) is 44.7. The van der Waals surface area contributed by atoms with Gasteiger partial charge in [-0.3, -0.25) is 4.79 Å². The molecule has 182 valence electrons. The highest BCUT2D eigenvalue weighted by molar-refractivity contribution is 7.09. The minimum atomic E-state index is -0.736. The summed E-state index contributed by atoms with van der Waals surface area (Å²) < 4.78 is 10.7. The second kappa shape index (κ2) is 12.7. The molecule has 0 aliphatic carbocycles. The third-order valence-corrected chi connectivity index (χ3v) is 6.44. The van der Waals surface area contributed by atoms with E-state index in [1.54, 1.807) is 38.3 Å². The summed E-state index contributed by atoms with van der Waals surface area (Å²) in [5.41, 5.74) is 6.36. The predicted molar refractivity (Wildman–Crippen MR) is 124 cm³/mol. The molecule has 1 heterocycles. The topological polar surface area (TPSA) is 115 Å². The summed E-state index contributed by atoms with van der Waals surface area (Å²) in [6, 6.07) is -0.864. The summed E-state index contributed by atoms with van der Waals surface area (Å²) in [6.07, 6.45) is -0.148. The summed E-state index contributed by atoms with van der Waals surface area (Å²) in [7, 11) is 4.91. The van der Waals surface area contributed by atoms with Crippen LogP contribution in [0.1, 0.15) is 69.1 Å². The SMILES string of the molecule is CCOC(=O)c1csc([C@@H](C[C@H](C(C)C)N(C)C(=O)[C@@H](N)C(C)CC)OC(=O)N(C)C)n1. The number of rotatable bonds is 11. The van der Waals surface area contributed by atoms with Crippen LogP contribution in [0, 0.1) is 11.8 Å². The van der Waals surface area contributed by atoms with Gasteiger partial charge in [0.1, 0.15) is 5.01 Å². The summed E-state index contributed by atoms with van der Waals surface area (Å²) in [5, 5.41) is 2.06. The van der Waals surface area contributed by atoms with Crippen molar-refractivity contribution in [2.45, 2.75) is 65.6 Å². The number of nitrogens with zero attached hydrogens (tertiary/aromatic N) is 3. The highest BCUT2D eigenvalue weighted by atomic mass is 32.1. The van der Waals surface area contributed by atoms with Gasteiger partial charge >= 0.3 is 12.1 Å². The second-order valence-corrected chi connectivity index (χ2v) is 9.36. The van der Waals surface area contributed by atoms with E-state index in [4.69, 9.17) is 15.2 Å². The number of thiazole rings is 1. The van der Waals surface area contributed by atoms with Crippen molar-refractivity contribution < 1.29 is 23.9 Å². The lowest BCUT2D eigenvalue weighted by Gasteiger charge is -2.36. The normalized spacial score (nSPS) is 14.9. The van der Waals surface area contributed by atoms with E-state index in [9.17, 15) is 14.4 Å². The monoisotopic (exact) mass is 470 g/mol. The second-order valence-electron chi connectivity index (χ2n) is 8.47. The fourth-order valence-corrected chi connectivity index (χ4v) is 3.98. The zero-order chi connectivity index (χ0) is 24.6. The molecule has 0 fully saturated rings. The standard InChI is InChI=1S/C22H38N4O5S/c1-9-14(5)18(23)20(27)26(8)16(13(3)4)11-17(31-22(29)25(6)7)19-24-15(12-32-19)21(28)30-10-2/h12-14,16-18H,9-11,23H2,1-8H3/t14?,16-,17-,18+/m1/s1. The van der Waals surface area contributed by atoms with Gasteiger partial charge in [-0.25, -0.2) is 14.6 Å². The van der Waals surface area contributed by atoms with Crippen LogP contribution in [0.4, 0.5) is 4.79 Å². The predicted octanol–water partition coefficient (Wildman–Crippen LogP) is 3.31. The molecule has 2 amide bonds. The third kappa shape index (κ3) is 7.44. The maximum absolute atomic E-state index is 13.0. The van der Waals surface area contributed by atoms with E-state index >= 15 is 0 Å². The number of nitrogens with two attached hydrogens (primary N) is 1. The smallest absolute Gasteiger partial charge is 0.409 e. The Labute approximate surface area is 195 Å². The molecule has 0 bridgehead atoms. The molecule has 1 aromatic heterocycles. The van der Waals surface area contributed by atoms with Gasteiger partial charge in [-0.15, -0.1) is 11.3 Å². The number of hydrogen-bond acceptors (Lipinski definition) is 8. The minimum absolute atomic E-state index is 0.0474. The quantitative estimate of drug-likeness (QED) is 0.493. The molecule has 0 saturated carbocycles. The van der Waals surface area contributed by atoms with Crippen LogP contribution in [-0.2, 0) is 14.3 Å². The van der Waals surface area contributed by atoms with Crippen molar-refractivity contribution >= 4 is 29.3 Å². The minimum Gasteiger partial charge on any atom is -0.461 e. The van der Waals surface area contributed by atoms with E-state index in [1.165, 1.54) is 16.2 Å². The fraction of sp³-hybridized carbons (Fsp3) is 0.727. The van der Waals surface area contributed by atoms with E-state index in [0.29, 0.717) is 11.4 Å². The molecule has 0 spiro atoms. The van der Waals surface area contributed by atoms with E-state index < -0.39 is 24.2 Å². The van der Waals surface area contributed by atoms with Crippen molar-refractivity contribution in [2.75, 3.05) is 27.7 Å². The number of likely N-dealkylation sites (N-methyl/N-ethyl adjacent to an activating group) is 1. The van der Waals surface area contributed by atoms with E-state index in [1.807, 2.05) is 27.7 Å². The summed E-state index contributed by atoms with van der Waals surface area (Å²) in [6.45, 7) is 9.91. The number of aromatic nitrogens is 1. The Morgan fingerprint density at radius 3 is 2.28 bits per heavy atom. The Morgan fingerprint density at radius 2 is 1.78 bits per heavy atom. The molecule has 0 radical (unpaired) electrons. The molecule has 32 heavy (non-hydrogen) atoms. The molecule has 0 saturated heterocycles. The van der Waals surface area contributed by atoms with Gasteiger partial charge in [0, 0.05) is 39.0 Å². The van der Waals surface area contributed by atoms with Crippen molar-refractivity contribution in [1.82, 2.24) is 14.8 Å². The lowest BCUT2D eigenvalue weighted by molar-refractivity contribution is -0.136. The lowest BCUT2D eigenvalue weighted by atomic mass is 9.93. The van der Waals surface area contributed by atoms with Crippen LogP contribution < -0.4 is 5.73 Å². The fourth-order valence-electron chi connectivity index (χ4n) is 3.15. The molecule has 1 aromatic rings. The van der Waals surface area contributed by atoms with Gasteiger partial charge in [0.05, 0.1) is 12.6 Å². The van der Waals surface area contributed by atoms with Crippen LogP contribution in [0.5, 0.6) is 0 Å². The van der Waals surface area contributed by atoms with Crippen molar-refractivity contribution in [3.63, 3.8) is 0 Å². The molecule has 2 N–H and O–H groups in total. The van der Waals surface area contributed by atoms with Gasteiger partial charge in [-0.1, -0.05) is 34.1 Å². The molecule has 0 aliphatic rings. The number of esters is 1. The van der Waals surface area contributed by atoms with Gasteiger partial charge in [0.2, 0.25) is 5.91 Å². The number of hydrogen-bond donors (Lipinski definition) is 1. The molecule has 10 heteroatoms. The van der Waals surface area contributed by atoms with Crippen LogP contribution in [0.25, 0.3) is 0 Å². The van der Waals surface area contributed by atoms with Gasteiger partial charge in [0.15, 0.2) is 11.8 Å². The Morgan fingerprint density at radius 1 is 1.16 bits per heavy atom. The van der Waals surface area contributed by atoms with Crippen molar-refractivity contribution in [3.05, 3.63) is 16.1 Å². The Balaban J connectivity index is 3.20. The van der Waals surface area contributed by atoms with Crippen molar-refractivity contribution in [3.8, 4) is 0 Å². The molecular formula is C22H38N4O5S. The van der Waals surface area contributed by atoms with Gasteiger partial charge in [-0.05, 0) is 18.8 Å². The Hall–Kier alpha value is -2.20. The van der Waals surface area contributed by atoms with Crippen LogP contribution in [-0.4, -0.2) is 72.6 Å². The van der Waals surface area contributed by atoms with Crippen LogP contribution >= 0.6 is 11.3 Å². The lowest BCUT2D eigenvalue weighted by Crippen LogP contribution is -2.51. The Bertz CT molecular complexity index is 767. The average Bonchev–Trinajstić information content (AvgIpc) is 3.24. The van der Waals surface area contributed by atoms with E-state index in [2.05, 4.69) is 4.98 Å². The average molecular weight is 471 g/mol. The zero-order valence-electron chi connectivity index (χ0n) is 20.5. The first-order valence-electron chi connectivity index (χ1n) is 11.0. The van der Waals surface area contributed by atoms with Crippen molar-refractivity contribution in [2.24, 2.45) is 17.6 Å². The van der Waals surface area contributed by atoms with Crippen LogP contribution in [0.3, 0.4) is 0 Å². The first-order valence-corrected chi connectivity index (χ1v) is 11.8. The number of ether oxygens (including phenoxy) is 2. The molecule has 9 nitrogen and oxygen atoms in total. The van der Waals surface area contributed by atoms with Crippen molar-refractivity contribution in [1.29, 1.82) is 0 Å². The van der Waals surface area contributed by atoms with E-state index in [-0.39, 0.29) is 36.1 Å². The highest BCUT2D eigenvalue weighted by Gasteiger charge is 2.34. The zero-order valence-corrected chi connectivity index (χ0v) is 21.3. The molecule has 0 aliphatic heterocycles. The first-order chi connectivity index (χ1) is 14.9. The van der Waals surface area contributed by atoms with Crippen LogP contribution in [0.15, 0.2) is 5.38 Å². The van der Waals surface area contributed by atoms with Gasteiger partial charge in [0.25, 0.3) is 0 Å². The van der Waals surface area contributed by atoms with E-state index in [0.717, 1.165) is 6.42 Å². The Kier molecular flexibility index (Phi) is 11.1. The van der Waals surface area contributed by atoms with Crippen LogP contribution in [0.2, 0.25) is 0 Å². The van der Waals surface area contributed by atoms with Gasteiger partial charge < -0.3 is 25.0 Å². The molecule has 4 atom stereocenters. The first kappa shape index (κ1) is 27.8. The molecular weight excluding hydrogens is 432 g/mol. The molecule has 1 rings (SSSR count). The highest BCUT2D eigenvalue weighted by Crippen LogP contribution is 2.31. The number of carbonyl (C=O) groups excluding carboxylic acids is 3. The number of carbonyl (C=O) groups is 3. The molecule has 1 unspecified atom stereocenters. The van der Waals surface area contributed by atoms with Gasteiger partial charge in [-0.2, -0.15) is 0 Å². The largest absolute Gasteiger partial charge is 0.461 e. The molecule has 0 aromatic carbocycles. The maximum atomic E-state index is 13.0. The summed E-state index contributed by atoms with van der Waals surface area (Å²) >= 11 is 1.22. The third-order valence-electron chi connectivity index (χ3n) is 5.50. The summed E-state index contributed by atoms with van der Waals surface area (Å²) in [5.74, 6) is -0.564.